The molecule has 0 radical (unpaired) electrons. The number of hydrogen-bond donors (Lipinski definition) is 0. The SMILES string of the molecule is COC(=O)c1cn[n+](C)cc1-c1ccccc1.[I-]. The van der Waals surface area contributed by atoms with Crippen LogP contribution in [0.3, 0.4) is 0 Å². The maximum atomic E-state index is 11.6. The fourth-order valence-electron chi connectivity index (χ4n) is 1.63. The second-order valence-corrected chi connectivity index (χ2v) is 3.63. The number of ether oxygens (including phenoxy) is 1. The number of esters is 1. The normalized spacial score (nSPS) is 9.44. The van der Waals surface area contributed by atoms with E-state index in [0.717, 1.165) is 11.1 Å². The van der Waals surface area contributed by atoms with Gasteiger partial charge in [-0.25, -0.2) is 4.79 Å². The first-order valence-corrected chi connectivity index (χ1v) is 5.22. The zero-order valence-corrected chi connectivity index (χ0v) is 12.3. The van der Waals surface area contributed by atoms with E-state index in [4.69, 9.17) is 4.74 Å². The summed E-state index contributed by atoms with van der Waals surface area (Å²) in [6.07, 6.45) is 3.33. The number of rotatable bonds is 2. The summed E-state index contributed by atoms with van der Waals surface area (Å²) in [5.41, 5.74) is 2.25. The van der Waals surface area contributed by atoms with E-state index in [0.29, 0.717) is 5.56 Å². The lowest BCUT2D eigenvalue weighted by atomic mass is 10.0. The summed E-state index contributed by atoms with van der Waals surface area (Å²) in [5, 5.41) is 4.05. The van der Waals surface area contributed by atoms with Crippen LogP contribution in [0.15, 0.2) is 42.7 Å². The summed E-state index contributed by atoms with van der Waals surface area (Å²) in [6, 6.07) is 9.68. The molecule has 1 aromatic carbocycles. The van der Waals surface area contributed by atoms with Crippen LogP contribution in [0.4, 0.5) is 0 Å². The molecule has 2 aromatic rings. The van der Waals surface area contributed by atoms with Crippen molar-refractivity contribution in [3.63, 3.8) is 0 Å². The van der Waals surface area contributed by atoms with Gasteiger partial charge in [0.05, 0.1) is 18.2 Å². The van der Waals surface area contributed by atoms with E-state index in [1.54, 1.807) is 4.68 Å². The molecule has 2 rings (SSSR count). The monoisotopic (exact) mass is 356 g/mol. The summed E-state index contributed by atoms with van der Waals surface area (Å²) < 4.78 is 6.41. The van der Waals surface area contributed by atoms with Gasteiger partial charge < -0.3 is 28.7 Å². The summed E-state index contributed by atoms with van der Waals surface area (Å²) in [4.78, 5) is 11.6. The summed E-state index contributed by atoms with van der Waals surface area (Å²) in [5.74, 6) is -0.378. The molecule has 0 amide bonds. The maximum Gasteiger partial charge on any atom is 0.340 e. The Labute approximate surface area is 123 Å². The lowest BCUT2D eigenvalue weighted by Gasteiger charge is -2.04. The Morgan fingerprint density at radius 2 is 1.94 bits per heavy atom. The molecule has 0 N–H and O–H groups in total. The van der Waals surface area contributed by atoms with Crippen LogP contribution >= 0.6 is 0 Å². The van der Waals surface area contributed by atoms with Crippen LogP contribution in [0.5, 0.6) is 0 Å². The van der Waals surface area contributed by atoms with Gasteiger partial charge in [-0.15, -0.1) is 0 Å². The van der Waals surface area contributed by atoms with Gasteiger partial charge in [-0.1, -0.05) is 35.0 Å². The summed E-state index contributed by atoms with van der Waals surface area (Å²) in [7, 11) is 3.18. The van der Waals surface area contributed by atoms with Gasteiger partial charge in [-0.05, 0) is 10.7 Å². The van der Waals surface area contributed by atoms with Gasteiger partial charge in [0.2, 0.25) is 6.20 Å². The Hall–Kier alpha value is -1.50. The Bertz CT molecular complexity index is 544. The zero-order chi connectivity index (χ0) is 12.3. The minimum atomic E-state index is -0.378. The van der Waals surface area contributed by atoms with Crippen LogP contribution in [0.1, 0.15) is 10.4 Å². The van der Waals surface area contributed by atoms with E-state index in [9.17, 15) is 4.79 Å². The number of aromatic nitrogens is 2. The van der Waals surface area contributed by atoms with Gasteiger partial charge in [-0.3, -0.25) is 0 Å². The summed E-state index contributed by atoms with van der Waals surface area (Å²) >= 11 is 0. The number of hydrogen-bond acceptors (Lipinski definition) is 3. The molecule has 5 heteroatoms. The van der Waals surface area contributed by atoms with Crippen LogP contribution in [-0.2, 0) is 11.8 Å². The number of halogens is 1. The van der Waals surface area contributed by atoms with Crippen LogP contribution < -0.4 is 28.7 Å². The third-order valence-corrected chi connectivity index (χ3v) is 2.47. The standard InChI is InChI=1S/C13H13N2O2.HI/c1-15-9-12(10-6-4-3-5-7-10)11(8-14-15)13(16)17-2;/h3-9H,1-2H3;1H/q+1;/p-1. The average molecular weight is 356 g/mol. The number of carbonyl (C=O) groups is 1. The Morgan fingerprint density at radius 1 is 1.28 bits per heavy atom. The van der Waals surface area contributed by atoms with Gasteiger partial charge in [-0.2, -0.15) is 0 Å². The summed E-state index contributed by atoms with van der Waals surface area (Å²) in [6.45, 7) is 0. The Balaban J connectivity index is 0.00000162. The smallest absolute Gasteiger partial charge is 0.340 e. The molecule has 0 spiro atoms. The zero-order valence-electron chi connectivity index (χ0n) is 10.1. The highest BCUT2D eigenvalue weighted by Gasteiger charge is 2.17. The van der Waals surface area contributed by atoms with Crippen LogP contribution in [0, 0.1) is 0 Å². The number of nitrogens with zero attached hydrogens (tertiary/aromatic N) is 2. The van der Waals surface area contributed by atoms with Crippen molar-refractivity contribution in [1.29, 1.82) is 0 Å². The highest BCUT2D eigenvalue weighted by Crippen LogP contribution is 2.21. The topological polar surface area (TPSA) is 43.1 Å². The first-order chi connectivity index (χ1) is 8.22. The van der Waals surface area contributed by atoms with Crippen molar-refractivity contribution in [3.8, 4) is 11.1 Å². The largest absolute Gasteiger partial charge is 1.00 e. The van der Waals surface area contributed by atoms with E-state index >= 15 is 0 Å². The van der Waals surface area contributed by atoms with Crippen LogP contribution in [0.2, 0.25) is 0 Å². The quantitative estimate of drug-likeness (QED) is 0.369. The predicted octanol–water partition coefficient (Wildman–Crippen LogP) is -1.64. The fourth-order valence-corrected chi connectivity index (χ4v) is 1.63. The Kier molecular flexibility index (Phi) is 5.21. The van der Waals surface area contributed by atoms with Gasteiger partial charge in [0.15, 0.2) is 7.05 Å². The number of carbonyl (C=O) groups excluding carboxylic acids is 1. The second-order valence-electron chi connectivity index (χ2n) is 3.63. The third-order valence-electron chi connectivity index (χ3n) is 2.47. The van der Waals surface area contributed by atoms with Crippen molar-refractivity contribution >= 4 is 5.97 Å². The molecule has 18 heavy (non-hydrogen) atoms. The molecule has 0 unspecified atom stereocenters. The first kappa shape index (κ1) is 14.6. The van der Waals surface area contributed by atoms with Gasteiger partial charge in [0, 0.05) is 0 Å². The van der Waals surface area contributed by atoms with Crippen molar-refractivity contribution in [3.05, 3.63) is 48.3 Å². The second kappa shape index (κ2) is 6.44. The van der Waals surface area contributed by atoms with E-state index in [1.165, 1.54) is 13.3 Å². The molecular weight excluding hydrogens is 343 g/mol. The van der Waals surface area contributed by atoms with Crippen molar-refractivity contribution < 1.29 is 38.2 Å². The molecule has 1 aromatic heterocycles. The minimum absolute atomic E-state index is 0. The van der Waals surface area contributed by atoms with E-state index < -0.39 is 0 Å². The minimum Gasteiger partial charge on any atom is -1.00 e. The molecule has 4 nitrogen and oxygen atoms in total. The highest BCUT2D eigenvalue weighted by molar-refractivity contribution is 5.96. The van der Waals surface area contributed by atoms with E-state index in [1.807, 2.05) is 43.6 Å². The van der Waals surface area contributed by atoms with Crippen molar-refractivity contribution in [2.45, 2.75) is 0 Å². The fraction of sp³-hybridized carbons (Fsp3) is 0.154. The van der Waals surface area contributed by atoms with Gasteiger partial charge in [0.1, 0.15) is 6.20 Å². The lowest BCUT2D eigenvalue weighted by molar-refractivity contribution is -0.730. The third kappa shape index (κ3) is 3.04. The molecule has 0 aliphatic heterocycles. The molecule has 94 valence electrons. The predicted molar refractivity (Wildman–Crippen MR) is 62.2 cm³/mol. The molecule has 0 aliphatic rings. The molecule has 0 atom stereocenters. The number of aryl methyl sites for hydroxylation is 1. The number of benzene rings is 1. The molecular formula is C13H13IN2O2. The van der Waals surface area contributed by atoms with Crippen molar-refractivity contribution in [2.24, 2.45) is 7.05 Å². The van der Waals surface area contributed by atoms with Crippen LogP contribution in [-0.4, -0.2) is 18.2 Å². The van der Waals surface area contributed by atoms with Gasteiger partial charge in [0.25, 0.3) is 0 Å². The molecule has 0 fully saturated rings. The molecule has 0 bridgehead atoms. The van der Waals surface area contributed by atoms with Crippen LogP contribution in [0.25, 0.3) is 11.1 Å². The van der Waals surface area contributed by atoms with Crippen molar-refractivity contribution in [2.75, 3.05) is 7.11 Å². The Morgan fingerprint density at radius 3 is 2.56 bits per heavy atom. The lowest BCUT2D eigenvalue weighted by Crippen LogP contribution is -3.00. The highest BCUT2D eigenvalue weighted by atomic mass is 127. The van der Waals surface area contributed by atoms with Gasteiger partial charge >= 0.3 is 5.97 Å². The first-order valence-electron chi connectivity index (χ1n) is 5.22. The molecule has 0 saturated heterocycles. The number of methoxy groups -OCH3 is 1. The molecule has 1 heterocycles. The molecule has 0 saturated carbocycles. The maximum absolute atomic E-state index is 11.6. The van der Waals surface area contributed by atoms with Crippen molar-refractivity contribution in [1.82, 2.24) is 5.10 Å². The average Bonchev–Trinajstić information content (AvgIpc) is 2.39. The molecule has 0 aliphatic carbocycles. The van der Waals surface area contributed by atoms with E-state index in [2.05, 4.69) is 5.10 Å². The van der Waals surface area contributed by atoms with E-state index in [-0.39, 0.29) is 29.9 Å².